The van der Waals surface area contributed by atoms with Gasteiger partial charge in [0.15, 0.2) is 0 Å². The van der Waals surface area contributed by atoms with E-state index in [1.807, 2.05) is 0 Å². The van der Waals surface area contributed by atoms with E-state index in [4.69, 9.17) is 4.99 Å². The van der Waals surface area contributed by atoms with Gasteiger partial charge >= 0.3 is 0 Å². The molecule has 1 aliphatic rings. The average Bonchev–Trinajstić information content (AvgIpc) is 2.82. The fourth-order valence-corrected chi connectivity index (χ4v) is 3.54. The van der Waals surface area contributed by atoms with Crippen molar-refractivity contribution in [2.45, 2.75) is 25.2 Å². The Morgan fingerprint density at radius 3 is 2.21 bits per heavy atom. The number of aryl methyl sites for hydroxylation is 1. The fraction of sp³-hybridized carbons (Fsp3) is 0.174. The van der Waals surface area contributed by atoms with Crippen LogP contribution in [0.5, 0.6) is 0 Å². The van der Waals surface area contributed by atoms with E-state index in [-0.39, 0.29) is 0 Å². The standard InChI is InChI=1S/C23H21N/c1-3-9-18(10-4-1)17-23-21(19-11-5-2-6-12-19)16-15-20-13-7-8-14-22(20)24-23/h1-14,21H,15-17H2. The van der Waals surface area contributed by atoms with Crippen LogP contribution in [0.25, 0.3) is 0 Å². The lowest BCUT2D eigenvalue weighted by Gasteiger charge is -2.18. The lowest BCUT2D eigenvalue weighted by Crippen LogP contribution is -2.15. The molecule has 0 saturated heterocycles. The smallest absolute Gasteiger partial charge is 0.0661 e. The van der Waals surface area contributed by atoms with E-state index in [0.29, 0.717) is 5.92 Å². The summed E-state index contributed by atoms with van der Waals surface area (Å²) in [6.45, 7) is 0. The first-order valence-electron chi connectivity index (χ1n) is 8.64. The van der Waals surface area contributed by atoms with E-state index >= 15 is 0 Å². The first kappa shape index (κ1) is 14.9. The number of benzene rings is 3. The average molecular weight is 311 g/mol. The summed E-state index contributed by atoms with van der Waals surface area (Å²) in [5, 5.41) is 0. The second-order valence-electron chi connectivity index (χ2n) is 6.40. The van der Waals surface area contributed by atoms with Crippen LogP contribution in [0.15, 0.2) is 89.9 Å². The number of para-hydroxylation sites is 1. The summed E-state index contributed by atoms with van der Waals surface area (Å²) in [7, 11) is 0. The molecule has 1 aliphatic heterocycles. The van der Waals surface area contributed by atoms with Crippen LogP contribution in [-0.2, 0) is 12.8 Å². The molecule has 3 aromatic rings. The SMILES string of the molecule is c1ccc(CC2=Nc3ccccc3CCC2c2ccccc2)cc1. The minimum atomic E-state index is 0.388. The van der Waals surface area contributed by atoms with Crippen LogP contribution in [0.1, 0.15) is 29.0 Å². The highest BCUT2D eigenvalue weighted by Crippen LogP contribution is 2.33. The van der Waals surface area contributed by atoms with Crippen molar-refractivity contribution in [1.29, 1.82) is 0 Å². The molecular weight excluding hydrogens is 290 g/mol. The Balaban J connectivity index is 1.76. The third-order valence-corrected chi connectivity index (χ3v) is 4.79. The molecule has 4 rings (SSSR count). The summed E-state index contributed by atoms with van der Waals surface area (Å²) in [6.07, 6.45) is 3.11. The van der Waals surface area contributed by atoms with Crippen LogP contribution in [0.3, 0.4) is 0 Å². The molecule has 1 heteroatoms. The van der Waals surface area contributed by atoms with Gasteiger partial charge in [0.05, 0.1) is 5.69 Å². The minimum absolute atomic E-state index is 0.388. The van der Waals surface area contributed by atoms with E-state index in [1.165, 1.54) is 22.4 Å². The molecular formula is C23H21N. The molecule has 0 spiro atoms. The van der Waals surface area contributed by atoms with E-state index in [9.17, 15) is 0 Å². The van der Waals surface area contributed by atoms with Gasteiger partial charge in [-0.1, -0.05) is 78.9 Å². The third-order valence-electron chi connectivity index (χ3n) is 4.79. The predicted octanol–water partition coefficient (Wildman–Crippen LogP) is 5.73. The second-order valence-corrected chi connectivity index (χ2v) is 6.40. The molecule has 0 saturated carbocycles. The molecule has 3 aromatic carbocycles. The van der Waals surface area contributed by atoms with Gasteiger partial charge in [-0.05, 0) is 35.6 Å². The summed E-state index contributed by atoms with van der Waals surface area (Å²) < 4.78 is 0. The van der Waals surface area contributed by atoms with Crippen molar-refractivity contribution in [1.82, 2.24) is 0 Å². The largest absolute Gasteiger partial charge is 0.257 e. The highest BCUT2D eigenvalue weighted by atomic mass is 14.8. The molecule has 24 heavy (non-hydrogen) atoms. The number of fused-ring (bicyclic) bond motifs is 1. The molecule has 0 N–H and O–H groups in total. The summed E-state index contributed by atoms with van der Waals surface area (Å²) in [5.41, 5.74) is 6.48. The van der Waals surface area contributed by atoms with Crippen LogP contribution in [0.2, 0.25) is 0 Å². The Morgan fingerprint density at radius 2 is 1.42 bits per heavy atom. The second kappa shape index (κ2) is 6.84. The first-order valence-corrected chi connectivity index (χ1v) is 8.64. The maximum atomic E-state index is 5.11. The van der Waals surface area contributed by atoms with Crippen molar-refractivity contribution >= 4 is 11.4 Å². The maximum absolute atomic E-state index is 5.11. The van der Waals surface area contributed by atoms with Gasteiger partial charge in [0, 0.05) is 18.1 Å². The van der Waals surface area contributed by atoms with Crippen molar-refractivity contribution in [3.8, 4) is 0 Å². The molecule has 1 atom stereocenters. The van der Waals surface area contributed by atoms with Crippen molar-refractivity contribution in [2.75, 3.05) is 0 Å². The Labute approximate surface area is 143 Å². The first-order chi connectivity index (χ1) is 11.9. The number of nitrogens with zero attached hydrogens (tertiary/aromatic N) is 1. The summed E-state index contributed by atoms with van der Waals surface area (Å²) in [6, 6.07) is 30.1. The Hall–Kier alpha value is -2.67. The zero-order chi connectivity index (χ0) is 16.2. The molecule has 118 valence electrons. The van der Waals surface area contributed by atoms with Gasteiger partial charge in [-0.25, -0.2) is 0 Å². The summed E-state index contributed by atoms with van der Waals surface area (Å²) in [5.74, 6) is 0.388. The van der Waals surface area contributed by atoms with Crippen LogP contribution in [0.4, 0.5) is 5.69 Å². The molecule has 0 amide bonds. The molecule has 1 nitrogen and oxygen atoms in total. The minimum Gasteiger partial charge on any atom is -0.257 e. The van der Waals surface area contributed by atoms with Crippen LogP contribution in [-0.4, -0.2) is 5.71 Å². The normalized spacial score (nSPS) is 16.8. The third kappa shape index (κ3) is 3.16. The van der Waals surface area contributed by atoms with Gasteiger partial charge in [-0.3, -0.25) is 4.99 Å². The number of hydrogen-bond donors (Lipinski definition) is 0. The lowest BCUT2D eigenvalue weighted by atomic mass is 9.86. The van der Waals surface area contributed by atoms with Crippen molar-refractivity contribution in [3.63, 3.8) is 0 Å². The lowest BCUT2D eigenvalue weighted by molar-refractivity contribution is 0.767. The molecule has 0 bridgehead atoms. The topological polar surface area (TPSA) is 12.4 Å². The van der Waals surface area contributed by atoms with Crippen molar-refractivity contribution < 1.29 is 0 Å². The van der Waals surface area contributed by atoms with Crippen LogP contribution >= 0.6 is 0 Å². The Kier molecular flexibility index (Phi) is 4.24. The van der Waals surface area contributed by atoms with E-state index in [0.717, 1.165) is 24.9 Å². The highest BCUT2D eigenvalue weighted by molar-refractivity contribution is 5.95. The van der Waals surface area contributed by atoms with Gasteiger partial charge < -0.3 is 0 Å². The van der Waals surface area contributed by atoms with Crippen LogP contribution in [0, 0.1) is 0 Å². The predicted molar refractivity (Wildman–Crippen MR) is 101 cm³/mol. The quantitative estimate of drug-likeness (QED) is 0.585. The van der Waals surface area contributed by atoms with E-state index in [1.54, 1.807) is 0 Å². The van der Waals surface area contributed by atoms with E-state index < -0.39 is 0 Å². The molecule has 0 fully saturated rings. The maximum Gasteiger partial charge on any atom is 0.0661 e. The molecule has 1 unspecified atom stereocenters. The van der Waals surface area contributed by atoms with Gasteiger partial charge in [-0.2, -0.15) is 0 Å². The van der Waals surface area contributed by atoms with Gasteiger partial charge in [-0.15, -0.1) is 0 Å². The number of hydrogen-bond acceptors (Lipinski definition) is 1. The zero-order valence-corrected chi connectivity index (χ0v) is 13.7. The van der Waals surface area contributed by atoms with Gasteiger partial charge in [0.25, 0.3) is 0 Å². The van der Waals surface area contributed by atoms with Gasteiger partial charge in [0.1, 0.15) is 0 Å². The Morgan fingerprint density at radius 1 is 0.750 bits per heavy atom. The Bertz CT molecular complexity index is 834. The van der Waals surface area contributed by atoms with Crippen molar-refractivity contribution in [3.05, 3.63) is 102 Å². The fourth-order valence-electron chi connectivity index (χ4n) is 3.54. The van der Waals surface area contributed by atoms with Crippen LogP contribution < -0.4 is 0 Å². The van der Waals surface area contributed by atoms with Gasteiger partial charge in [0.2, 0.25) is 0 Å². The number of rotatable bonds is 3. The molecule has 0 radical (unpaired) electrons. The van der Waals surface area contributed by atoms with Crippen molar-refractivity contribution in [2.24, 2.45) is 4.99 Å². The van der Waals surface area contributed by atoms with E-state index in [2.05, 4.69) is 84.9 Å². The zero-order valence-electron chi connectivity index (χ0n) is 13.7. The summed E-state index contributed by atoms with van der Waals surface area (Å²) >= 11 is 0. The molecule has 0 aliphatic carbocycles. The monoisotopic (exact) mass is 311 g/mol. The summed E-state index contributed by atoms with van der Waals surface area (Å²) in [4.78, 5) is 5.11. The number of aliphatic imine (C=N–C) groups is 1. The molecule has 0 aromatic heterocycles. The highest BCUT2D eigenvalue weighted by Gasteiger charge is 2.22. The molecule has 1 heterocycles.